The van der Waals surface area contributed by atoms with Crippen LogP contribution >= 0.6 is 23.4 Å². The zero-order valence-corrected chi connectivity index (χ0v) is 20.4. The van der Waals surface area contributed by atoms with E-state index in [1.165, 1.54) is 18.0 Å². The van der Waals surface area contributed by atoms with Crippen LogP contribution in [0.5, 0.6) is 0 Å². The molecule has 0 atom stereocenters. The summed E-state index contributed by atoms with van der Waals surface area (Å²) in [4.78, 5) is 25.8. The van der Waals surface area contributed by atoms with Gasteiger partial charge in [-0.2, -0.15) is 0 Å². The fraction of sp³-hybridized carbons (Fsp3) is 0.304. The summed E-state index contributed by atoms with van der Waals surface area (Å²) < 4.78 is 0. The van der Waals surface area contributed by atoms with Gasteiger partial charge in [0, 0.05) is 30.9 Å². The summed E-state index contributed by atoms with van der Waals surface area (Å²) in [6.45, 7) is 6.79. The van der Waals surface area contributed by atoms with E-state index in [2.05, 4.69) is 51.7 Å². The van der Waals surface area contributed by atoms with E-state index in [9.17, 15) is 4.79 Å². The lowest BCUT2D eigenvalue weighted by Crippen LogP contribution is -2.16. The first-order chi connectivity index (χ1) is 15.2. The molecule has 3 N–H and O–H groups in total. The minimum atomic E-state index is -0.204. The number of pyridine rings is 1. The van der Waals surface area contributed by atoms with Crippen LogP contribution in [0.3, 0.4) is 0 Å². The monoisotopic (exact) mass is 470 g/mol. The van der Waals surface area contributed by atoms with Crippen LogP contribution < -0.4 is 16.0 Å². The van der Waals surface area contributed by atoms with Crippen molar-refractivity contribution in [1.82, 2.24) is 15.0 Å². The molecule has 32 heavy (non-hydrogen) atoms. The Balaban J connectivity index is 1.74. The Morgan fingerprint density at radius 2 is 1.94 bits per heavy atom. The average Bonchev–Trinajstić information content (AvgIpc) is 2.78. The molecule has 1 aromatic carbocycles. The third-order valence-corrected chi connectivity index (χ3v) is 5.68. The first-order valence-electron chi connectivity index (χ1n) is 10.1. The molecule has 1 amide bonds. The standard InChI is InChI=1S/C23H27ClN6OS/c1-23(2,3)16-8-6-7-14(9-16)21(31)29-17-10-18(19(24)27-13-17)26-11-15-12-28-22(32-5)30-20(15)25-4/h6-10,12-13,26H,11H2,1-5H3,(H,29,31)(H,25,28,30). The molecule has 0 unspecified atom stereocenters. The molecule has 2 heterocycles. The molecule has 0 aliphatic heterocycles. The van der Waals surface area contributed by atoms with E-state index >= 15 is 0 Å². The molecular formula is C23H27ClN6OS. The number of hydrogen-bond acceptors (Lipinski definition) is 7. The number of anilines is 3. The summed E-state index contributed by atoms with van der Waals surface area (Å²) in [5.74, 6) is 0.536. The Morgan fingerprint density at radius 1 is 1.16 bits per heavy atom. The predicted octanol–water partition coefficient (Wildman–Crippen LogP) is 5.45. The van der Waals surface area contributed by atoms with Gasteiger partial charge >= 0.3 is 0 Å². The molecule has 0 radical (unpaired) electrons. The maximum Gasteiger partial charge on any atom is 0.255 e. The molecule has 0 aliphatic carbocycles. The minimum absolute atomic E-state index is 0.0425. The van der Waals surface area contributed by atoms with Gasteiger partial charge in [0.15, 0.2) is 10.3 Å². The van der Waals surface area contributed by atoms with Crippen LogP contribution in [0.25, 0.3) is 0 Å². The first-order valence-corrected chi connectivity index (χ1v) is 11.7. The van der Waals surface area contributed by atoms with Crippen LogP contribution in [-0.2, 0) is 12.0 Å². The van der Waals surface area contributed by atoms with E-state index < -0.39 is 0 Å². The highest BCUT2D eigenvalue weighted by molar-refractivity contribution is 7.98. The summed E-state index contributed by atoms with van der Waals surface area (Å²) in [6, 6.07) is 9.39. The van der Waals surface area contributed by atoms with Crippen molar-refractivity contribution in [3.8, 4) is 0 Å². The van der Waals surface area contributed by atoms with Crippen LogP contribution in [0, 0.1) is 0 Å². The van der Waals surface area contributed by atoms with Gasteiger partial charge in [-0.05, 0) is 35.4 Å². The van der Waals surface area contributed by atoms with Crippen molar-refractivity contribution >= 4 is 46.5 Å². The Bertz CT molecular complexity index is 1120. The molecule has 168 valence electrons. The number of rotatable bonds is 7. The largest absolute Gasteiger partial charge is 0.378 e. The number of nitrogens with zero attached hydrogens (tertiary/aromatic N) is 3. The number of carbonyl (C=O) groups excluding carboxylic acids is 1. The number of hydrogen-bond donors (Lipinski definition) is 3. The number of benzene rings is 1. The van der Waals surface area contributed by atoms with Crippen LogP contribution in [0.1, 0.15) is 42.3 Å². The Kier molecular flexibility index (Phi) is 7.58. The molecule has 9 heteroatoms. The second-order valence-electron chi connectivity index (χ2n) is 8.18. The van der Waals surface area contributed by atoms with Gasteiger partial charge in [0.2, 0.25) is 0 Å². The lowest BCUT2D eigenvalue weighted by Gasteiger charge is -2.19. The fourth-order valence-corrected chi connectivity index (χ4v) is 3.51. The number of carbonyl (C=O) groups is 1. The van der Waals surface area contributed by atoms with E-state index in [4.69, 9.17) is 11.6 Å². The van der Waals surface area contributed by atoms with Crippen molar-refractivity contribution in [2.24, 2.45) is 0 Å². The lowest BCUT2D eigenvalue weighted by molar-refractivity contribution is 0.102. The van der Waals surface area contributed by atoms with E-state index in [0.29, 0.717) is 33.8 Å². The summed E-state index contributed by atoms with van der Waals surface area (Å²) >= 11 is 7.75. The van der Waals surface area contributed by atoms with Gasteiger partial charge < -0.3 is 16.0 Å². The van der Waals surface area contributed by atoms with E-state index in [1.54, 1.807) is 18.3 Å². The summed E-state index contributed by atoms with van der Waals surface area (Å²) in [5.41, 5.74) is 3.67. The molecule has 0 saturated carbocycles. The predicted molar refractivity (Wildman–Crippen MR) is 133 cm³/mol. The van der Waals surface area contributed by atoms with Crippen molar-refractivity contribution in [2.75, 3.05) is 29.3 Å². The normalized spacial score (nSPS) is 11.2. The highest BCUT2D eigenvalue weighted by Crippen LogP contribution is 2.26. The average molecular weight is 471 g/mol. The third kappa shape index (κ3) is 5.89. The zero-order valence-electron chi connectivity index (χ0n) is 18.8. The second-order valence-corrected chi connectivity index (χ2v) is 9.31. The van der Waals surface area contributed by atoms with Gasteiger partial charge in [0.05, 0.1) is 17.6 Å². The van der Waals surface area contributed by atoms with Crippen LogP contribution in [0.2, 0.25) is 5.15 Å². The molecule has 3 aromatic rings. The molecule has 0 bridgehead atoms. The quantitative estimate of drug-likeness (QED) is 0.240. The summed E-state index contributed by atoms with van der Waals surface area (Å²) in [7, 11) is 1.81. The smallest absolute Gasteiger partial charge is 0.255 e. The highest BCUT2D eigenvalue weighted by Gasteiger charge is 2.16. The molecule has 3 rings (SSSR count). The Hall–Kier alpha value is -2.84. The minimum Gasteiger partial charge on any atom is -0.378 e. The topological polar surface area (TPSA) is 91.8 Å². The van der Waals surface area contributed by atoms with E-state index in [-0.39, 0.29) is 11.3 Å². The maximum absolute atomic E-state index is 12.8. The molecule has 0 saturated heterocycles. The van der Waals surface area contributed by atoms with Gasteiger partial charge in [0.25, 0.3) is 5.91 Å². The maximum atomic E-state index is 12.8. The van der Waals surface area contributed by atoms with Crippen molar-refractivity contribution in [1.29, 1.82) is 0 Å². The number of nitrogens with one attached hydrogen (secondary N) is 3. The molecule has 0 spiro atoms. The van der Waals surface area contributed by atoms with Gasteiger partial charge in [0.1, 0.15) is 5.82 Å². The number of thioether (sulfide) groups is 1. The first kappa shape index (κ1) is 23.8. The third-order valence-electron chi connectivity index (χ3n) is 4.82. The molecular weight excluding hydrogens is 444 g/mol. The van der Waals surface area contributed by atoms with Crippen LogP contribution in [0.4, 0.5) is 17.2 Å². The Labute approximate surface area is 197 Å². The number of aromatic nitrogens is 3. The van der Waals surface area contributed by atoms with Gasteiger partial charge in [-0.25, -0.2) is 15.0 Å². The highest BCUT2D eigenvalue weighted by atomic mass is 35.5. The van der Waals surface area contributed by atoms with Crippen molar-refractivity contribution < 1.29 is 4.79 Å². The molecule has 0 fully saturated rings. The second kappa shape index (κ2) is 10.2. The van der Waals surface area contributed by atoms with Crippen LogP contribution in [-0.4, -0.2) is 34.2 Å². The van der Waals surface area contributed by atoms with Crippen molar-refractivity contribution in [3.05, 3.63) is 64.6 Å². The molecule has 7 nitrogen and oxygen atoms in total. The van der Waals surface area contributed by atoms with Crippen LogP contribution in [0.15, 0.2) is 47.9 Å². The van der Waals surface area contributed by atoms with E-state index in [1.807, 2.05) is 31.5 Å². The fourth-order valence-electron chi connectivity index (χ4n) is 3.00. The van der Waals surface area contributed by atoms with Crippen molar-refractivity contribution in [3.63, 3.8) is 0 Å². The van der Waals surface area contributed by atoms with Gasteiger partial charge in [-0.15, -0.1) is 0 Å². The SMILES string of the molecule is CNc1nc(SC)ncc1CNc1cc(NC(=O)c2cccc(C(C)(C)C)c2)cnc1Cl. The summed E-state index contributed by atoms with van der Waals surface area (Å²) in [6.07, 6.45) is 5.23. The molecule has 2 aromatic heterocycles. The van der Waals surface area contributed by atoms with Crippen molar-refractivity contribution in [2.45, 2.75) is 37.9 Å². The Morgan fingerprint density at radius 3 is 2.62 bits per heavy atom. The lowest BCUT2D eigenvalue weighted by atomic mass is 9.86. The number of amides is 1. The van der Waals surface area contributed by atoms with E-state index in [0.717, 1.165) is 16.9 Å². The molecule has 0 aliphatic rings. The van der Waals surface area contributed by atoms with Gasteiger partial charge in [-0.3, -0.25) is 4.79 Å². The number of halogens is 1. The zero-order chi connectivity index (χ0) is 23.3. The van der Waals surface area contributed by atoms with Gasteiger partial charge in [-0.1, -0.05) is 56.3 Å². The summed E-state index contributed by atoms with van der Waals surface area (Å²) in [5, 5.41) is 10.2.